The third kappa shape index (κ3) is 5.25. The average Bonchev–Trinajstić information content (AvgIpc) is 2.84. The number of halogens is 2. The van der Waals surface area contributed by atoms with Crippen molar-refractivity contribution >= 4 is 17.5 Å². The van der Waals surface area contributed by atoms with Crippen molar-refractivity contribution in [1.29, 1.82) is 5.26 Å². The van der Waals surface area contributed by atoms with Crippen LogP contribution >= 0.6 is 0 Å². The van der Waals surface area contributed by atoms with Crippen molar-refractivity contribution in [2.75, 3.05) is 30.3 Å². The monoisotopic (exact) mass is 454 g/mol. The number of rotatable bonds is 7. The van der Waals surface area contributed by atoms with E-state index in [0.29, 0.717) is 29.6 Å². The molecular weight excluding hydrogens is 422 g/mol. The molecule has 33 heavy (non-hydrogen) atoms. The number of nitrogens with one attached hydrogen (secondary N) is 2. The van der Waals surface area contributed by atoms with Gasteiger partial charge in [-0.1, -0.05) is 20.3 Å². The zero-order valence-corrected chi connectivity index (χ0v) is 19.4. The second-order valence-corrected chi connectivity index (χ2v) is 9.24. The van der Waals surface area contributed by atoms with Gasteiger partial charge in [-0.25, -0.2) is 13.8 Å². The van der Waals surface area contributed by atoms with Gasteiger partial charge in [0.15, 0.2) is 11.6 Å². The first kappa shape index (κ1) is 23.4. The van der Waals surface area contributed by atoms with Gasteiger partial charge in [0.2, 0.25) is 5.95 Å². The molecule has 2 aliphatic rings. The number of nitriles is 1. The third-order valence-corrected chi connectivity index (χ3v) is 7.15. The number of hydrogen-bond donors (Lipinski definition) is 2. The maximum Gasteiger partial charge on any atom is 0.229 e. The van der Waals surface area contributed by atoms with Crippen LogP contribution in [0.1, 0.15) is 69.4 Å². The van der Waals surface area contributed by atoms with Crippen molar-refractivity contribution in [3.63, 3.8) is 0 Å². The van der Waals surface area contributed by atoms with E-state index in [0.717, 1.165) is 38.5 Å². The molecule has 3 unspecified atom stereocenters. The second kappa shape index (κ2) is 10.4. The summed E-state index contributed by atoms with van der Waals surface area (Å²) in [6, 6.07) is 5.54. The van der Waals surface area contributed by atoms with E-state index in [1.165, 1.54) is 31.4 Å². The molecule has 2 aromatic rings. The fourth-order valence-corrected chi connectivity index (χ4v) is 5.12. The lowest BCUT2D eigenvalue weighted by Crippen LogP contribution is -2.49. The SMILES string of the molecule is CCC(C)c1cc(F)c(Nc2ncc(F)c(NCC3CCCN4CCCCC34)n2)cc1C#N. The van der Waals surface area contributed by atoms with Crippen LogP contribution in [0.3, 0.4) is 0 Å². The molecule has 1 aromatic carbocycles. The predicted octanol–water partition coefficient (Wildman–Crippen LogP) is 5.56. The average molecular weight is 455 g/mol. The Morgan fingerprint density at radius 2 is 2.00 bits per heavy atom. The van der Waals surface area contributed by atoms with Crippen LogP contribution in [-0.2, 0) is 0 Å². The summed E-state index contributed by atoms with van der Waals surface area (Å²) < 4.78 is 29.2. The highest BCUT2D eigenvalue weighted by atomic mass is 19.1. The molecule has 2 saturated heterocycles. The third-order valence-electron chi connectivity index (χ3n) is 7.15. The maximum atomic E-state index is 14.8. The Kier molecular flexibility index (Phi) is 7.39. The molecule has 0 radical (unpaired) electrons. The van der Waals surface area contributed by atoms with E-state index in [9.17, 15) is 14.0 Å². The van der Waals surface area contributed by atoms with Gasteiger partial charge in [0.1, 0.15) is 5.82 Å². The van der Waals surface area contributed by atoms with E-state index in [-0.39, 0.29) is 23.4 Å². The standard InChI is InChI=1S/C25H32F2N6/c1-3-16(2)19-12-20(26)22(11-18(19)13-28)31-25-30-15-21(27)24(32-25)29-14-17-7-6-10-33-9-5-4-8-23(17)33/h11-12,15-17,23H,3-10,14H2,1-2H3,(H2,29,30,31,32). The maximum absolute atomic E-state index is 14.8. The summed E-state index contributed by atoms with van der Waals surface area (Å²) >= 11 is 0. The van der Waals surface area contributed by atoms with Gasteiger partial charge >= 0.3 is 0 Å². The summed E-state index contributed by atoms with van der Waals surface area (Å²) in [4.78, 5) is 10.8. The fourth-order valence-electron chi connectivity index (χ4n) is 5.12. The van der Waals surface area contributed by atoms with Gasteiger partial charge in [-0.05, 0) is 74.7 Å². The summed E-state index contributed by atoms with van der Waals surface area (Å²) in [5.41, 5.74) is 1.18. The van der Waals surface area contributed by atoms with Crippen LogP contribution < -0.4 is 10.6 Å². The van der Waals surface area contributed by atoms with E-state index >= 15 is 0 Å². The Hall–Kier alpha value is -2.79. The predicted molar refractivity (Wildman–Crippen MR) is 126 cm³/mol. The van der Waals surface area contributed by atoms with Crippen LogP contribution in [-0.4, -0.2) is 40.5 Å². The number of hydrogen-bond acceptors (Lipinski definition) is 6. The molecule has 3 heterocycles. The topological polar surface area (TPSA) is 76.9 Å². The van der Waals surface area contributed by atoms with Crippen LogP contribution in [0.2, 0.25) is 0 Å². The Bertz CT molecular complexity index is 1020. The zero-order valence-electron chi connectivity index (χ0n) is 19.4. The van der Waals surface area contributed by atoms with Crippen LogP contribution in [0.5, 0.6) is 0 Å². The largest absolute Gasteiger partial charge is 0.367 e. The first-order valence-electron chi connectivity index (χ1n) is 12.0. The molecule has 8 heteroatoms. The minimum absolute atomic E-state index is 0.0703. The molecule has 2 fully saturated rings. The van der Waals surface area contributed by atoms with Gasteiger partial charge in [0.05, 0.1) is 23.5 Å². The minimum atomic E-state index is -0.540. The van der Waals surface area contributed by atoms with Gasteiger partial charge < -0.3 is 15.5 Å². The van der Waals surface area contributed by atoms with E-state index in [1.807, 2.05) is 13.8 Å². The lowest BCUT2D eigenvalue weighted by molar-refractivity contribution is 0.0648. The van der Waals surface area contributed by atoms with Crippen LogP contribution in [0.15, 0.2) is 18.3 Å². The zero-order chi connectivity index (χ0) is 23.4. The lowest BCUT2D eigenvalue weighted by Gasteiger charge is -2.44. The number of aromatic nitrogens is 2. The molecule has 0 spiro atoms. The van der Waals surface area contributed by atoms with Crippen molar-refractivity contribution in [1.82, 2.24) is 14.9 Å². The van der Waals surface area contributed by atoms with E-state index in [1.54, 1.807) is 0 Å². The molecular formula is C25H32F2N6. The fraction of sp³-hybridized carbons (Fsp3) is 0.560. The summed E-state index contributed by atoms with van der Waals surface area (Å²) in [6.07, 6.45) is 7.87. The van der Waals surface area contributed by atoms with Crippen molar-refractivity contribution in [3.8, 4) is 6.07 Å². The second-order valence-electron chi connectivity index (χ2n) is 9.24. The Labute approximate surface area is 194 Å². The molecule has 0 bridgehead atoms. The Morgan fingerprint density at radius 3 is 2.79 bits per heavy atom. The van der Waals surface area contributed by atoms with Gasteiger partial charge in [-0.3, -0.25) is 0 Å². The first-order chi connectivity index (χ1) is 16.0. The first-order valence-corrected chi connectivity index (χ1v) is 12.0. The molecule has 176 valence electrons. The molecule has 2 aliphatic heterocycles. The molecule has 0 amide bonds. The quantitative estimate of drug-likeness (QED) is 0.570. The summed E-state index contributed by atoms with van der Waals surface area (Å²) in [7, 11) is 0. The summed E-state index contributed by atoms with van der Waals surface area (Å²) in [6.45, 7) is 6.91. The molecule has 2 N–H and O–H groups in total. The molecule has 4 rings (SSSR count). The molecule has 3 atom stereocenters. The summed E-state index contributed by atoms with van der Waals surface area (Å²) in [5, 5.41) is 15.5. The van der Waals surface area contributed by atoms with Gasteiger partial charge in [0, 0.05) is 12.6 Å². The number of nitrogens with zero attached hydrogens (tertiary/aromatic N) is 4. The van der Waals surface area contributed by atoms with Crippen molar-refractivity contribution < 1.29 is 8.78 Å². The van der Waals surface area contributed by atoms with Crippen LogP contribution in [0.25, 0.3) is 0 Å². The Balaban J connectivity index is 1.48. The number of fused-ring (bicyclic) bond motifs is 1. The molecule has 6 nitrogen and oxygen atoms in total. The molecule has 1 aromatic heterocycles. The molecule has 0 saturated carbocycles. The minimum Gasteiger partial charge on any atom is -0.367 e. The van der Waals surface area contributed by atoms with Crippen molar-refractivity contribution in [3.05, 3.63) is 41.1 Å². The smallest absolute Gasteiger partial charge is 0.229 e. The van der Waals surface area contributed by atoms with Gasteiger partial charge in [-0.2, -0.15) is 10.2 Å². The summed E-state index contributed by atoms with van der Waals surface area (Å²) in [5.74, 6) is -0.318. The van der Waals surface area contributed by atoms with Gasteiger partial charge in [-0.15, -0.1) is 0 Å². The highest BCUT2D eigenvalue weighted by Gasteiger charge is 2.32. The van der Waals surface area contributed by atoms with E-state index in [4.69, 9.17) is 0 Å². The lowest BCUT2D eigenvalue weighted by atomic mass is 9.83. The number of piperidine rings is 2. The van der Waals surface area contributed by atoms with E-state index in [2.05, 4.69) is 31.6 Å². The van der Waals surface area contributed by atoms with Crippen molar-refractivity contribution in [2.24, 2.45) is 5.92 Å². The van der Waals surface area contributed by atoms with Gasteiger partial charge in [0.25, 0.3) is 0 Å². The van der Waals surface area contributed by atoms with E-state index < -0.39 is 11.6 Å². The highest BCUT2D eigenvalue weighted by molar-refractivity contribution is 5.60. The molecule has 0 aliphatic carbocycles. The number of anilines is 3. The number of benzene rings is 1. The van der Waals surface area contributed by atoms with Crippen molar-refractivity contribution in [2.45, 2.75) is 64.3 Å². The Morgan fingerprint density at radius 1 is 1.18 bits per heavy atom. The normalized spacial score (nSPS) is 21.7. The highest BCUT2D eigenvalue weighted by Crippen LogP contribution is 2.32. The van der Waals surface area contributed by atoms with Crippen LogP contribution in [0.4, 0.5) is 26.2 Å². The van der Waals surface area contributed by atoms with Crippen LogP contribution in [0, 0.1) is 28.9 Å².